The highest BCUT2D eigenvalue weighted by molar-refractivity contribution is 7.14. The van der Waals surface area contributed by atoms with Crippen LogP contribution in [0, 0.1) is 11.8 Å². The van der Waals surface area contributed by atoms with Crippen molar-refractivity contribution in [2.45, 2.75) is 37.6 Å². The minimum absolute atomic E-state index is 0.0341. The second-order valence-electron chi connectivity index (χ2n) is 21.2. The molecule has 6 aromatic carbocycles. The number of Topliss-reactive ketones (excluding diaryl/α,β-unsaturated/α-hetero) is 4. The number of hydrogen-bond acceptors (Lipinski definition) is 18. The number of thiazole rings is 2. The van der Waals surface area contributed by atoms with Crippen LogP contribution in [0.15, 0.2) is 217 Å². The van der Waals surface area contributed by atoms with Crippen LogP contribution in [-0.4, -0.2) is 57.0 Å². The fraction of sp³-hybridized carbons (Fsp3) is 0.114. The second kappa shape index (κ2) is 22.2. The molecule has 0 saturated carbocycles. The van der Waals surface area contributed by atoms with Crippen molar-refractivity contribution in [3.63, 3.8) is 0 Å². The topological polar surface area (TPSA) is 218 Å². The lowest BCUT2D eigenvalue weighted by atomic mass is 9.76. The molecule has 2 aliphatic heterocycles. The van der Waals surface area contributed by atoms with Crippen molar-refractivity contribution in [1.82, 2.24) is 9.97 Å². The molecule has 18 heteroatoms. The molecule has 16 nitrogen and oxygen atoms in total. The number of ketones is 4. The van der Waals surface area contributed by atoms with Gasteiger partial charge in [-0.1, -0.05) is 182 Å². The van der Waals surface area contributed by atoms with E-state index in [0.717, 1.165) is 22.7 Å². The third-order valence-corrected chi connectivity index (χ3v) is 17.8. The number of fused-ring (bicyclic) bond motifs is 9. The van der Waals surface area contributed by atoms with Crippen LogP contribution in [0.1, 0.15) is 94.8 Å². The predicted octanol–water partition coefficient (Wildman–Crippen LogP) is 11.4. The molecule has 4 heterocycles. The minimum atomic E-state index is -2.74. The minimum Gasteiger partial charge on any atom is -0.458 e. The molecule has 0 amide bonds. The molecule has 88 heavy (non-hydrogen) atoms. The van der Waals surface area contributed by atoms with Crippen LogP contribution in [-0.2, 0) is 85.2 Å². The Hall–Kier alpha value is -10.8. The van der Waals surface area contributed by atoms with Gasteiger partial charge in [-0.25, -0.2) is 29.1 Å². The highest BCUT2D eigenvalue weighted by atomic mass is 32.1. The van der Waals surface area contributed by atoms with E-state index >= 15 is 19.2 Å². The SMILES string of the molecule is O=C1C(=Cc2nc3c(s2)C2=CC4C=C5OC(C(=O)OCc6ccccc6)(C(=O)OCc6ccccc6)c6nc(C=C7C(=O)c8ccccc8C7=O)sc6C5=CC4C=C2OC3(C(=O)OCc2ccccc2)C(=O)OCc2ccccc2)C(=O)c2ccccc21. The zero-order valence-electron chi connectivity index (χ0n) is 46.0. The van der Waals surface area contributed by atoms with Crippen molar-refractivity contribution >= 4 is 93.0 Å². The summed E-state index contributed by atoms with van der Waals surface area (Å²) in [5, 5.41) is 0.138. The van der Waals surface area contributed by atoms with Gasteiger partial charge in [0, 0.05) is 45.2 Å². The smallest absolute Gasteiger partial charge is 0.369 e. The van der Waals surface area contributed by atoms with Crippen molar-refractivity contribution in [3.05, 3.63) is 292 Å². The van der Waals surface area contributed by atoms with Gasteiger partial charge in [-0.2, -0.15) is 0 Å². The maximum absolute atomic E-state index is 15.2. The van der Waals surface area contributed by atoms with Crippen molar-refractivity contribution in [3.8, 4) is 0 Å². The maximum atomic E-state index is 15.2. The molecule has 6 aliphatic rings. The number of carbonyl (C=O) groups excluding carboxylic acids is 8. The first-order chi connectivity index (χ1) is 42.9. The summed E-state index contributed by atoms with van der Waals surface area (Å²) in [6.45, 7) is -1.14. The lowest BCUT2D eigenvalue weighted by Gasteiger charge is -2.40. The summed E-state index contributed by atoms with van der Waals surface area (Å²) < 4.78 is 37.7. The van der Waals surface area contributed by atoms with Gasteiger partial charge < -0.3 is 28.4 Å². The zero-order valence-corrected chi connectivity index (χ0v) is 47.7. The normalized spacial score (nSPS) is 17.7. The highest BCUT2D eigenvalue weighted by Gasteiger charge is 2.63. The molecule has 14 rings (SSSR count). The quantitative estimate of drug-likeness (QED) is 0.0325. The Morgan fingerprint density at radius 1 is 0.398 bits per heavy atom. The monoisotopic (exact) mass is 1200 g/mol. The zero-order chi connectivity index (χ0) is 60.3. The predicted molar refractivity (Wildman–Crippen MR) is 320 cm³/mol. The van der Waals surface area contributed by atoms with E-state index in [4.69, 9.17) is 38.4 Å². The van der Waals surface area contributed by atoms with Gasteiger partial charge in [0.05, 0.1) is 20.9 Å². The first kappa shape index (κ1) is 55.1. The van der Waals surface area contributed by atoms with Gasteiger partial charge in [0.15, 0.2) is 23.1 Å². The van der Waals surface area contributed by atoms with E-state index < -0.39 is 70.0 Å². The van der Waals surface area contributed by atoms with Crippen LogP contribution in [0.3, 0.4) is 0 Å². The summed E-state index contributed by atoms with van der Waals surface area (Å²) in [7, 11) is 0. The van der Waals surface area contributed by atoms with E-state index in [9.17, 15) is 19.2 Å². The van der Waals surface area contributed by atoms with Crippen LogP contribution in [0.25, 0.3) is 23.3 Å². The summed E-state index contributed by atoms with van der Waals surface area (Å²) in [5.74, 6) is -8.13. The van der Waals surface area contributed by atoms with Crippen LogP contribution in [0.5, 0.6) is 0 Å². The van der Waals surface area contributed by atoms with Crippen molar-refractivity contribution in [2.24, 2.45) is 11.8 Å². The number of nitrogens with zero attached hydrogens (tertiary/aromatic N) is 2. The van der Waals surface area contributed by atoms with Gasteiger partial charge in [0.25, 0.3) is 0 Å². The van der Waals surface area contributed by atoms with E-state index in [2.05, 4.69) is 0 Å². The van der Waals surface area contributed by atoms with E-state index in [1.165, 1.54) is 12.2 Å². The lowest BCUT2D eigenvalue weighted by molar-refractivity contribution is -0.191. The number of allylic oxidation sites excluding steroid dienone is 8. The van der Waals surface area contributed by atoms with Crippen molar-refractivity contribution in [2.75, 3.05) is 0 Å². The van der Waals surface area contributed by atoms with Gasteiger partial charge in [0.2, 0.25) is 0 Å². The highest BCUT2D eigenvalue weighted by Crippen LogP contribution is 2.55. The molecule has 0 N–H and O–H groups in total. The van der Waals surface area contributed by atoms with E-state index in [1.54, 1.807) is 194 Å². The second-order valence-corrected chi connectivity index (χ2v) is 23.2. The number of aromatic nitrogens is 2. The van der Waals surface area contributed by atoms with Gasteiger partial charge in [-0.05, 0) is 46.6 Å². The first-order valence-corrected chi connectivity index (χ1v) is 29.5. The Labute approximate surface area is 509 Å². The molecule has 2 unspecified atom stereocenters. The fourth-order valence-corrected chi connectivity index (χ4v) is 13.5. The van der Waals surface area contributed by atoms with Gasteiger partial charge in [-0.3, -0.25) is 19.2 Å². The summed E-state index contributed by atoms with van der Waals surface area (Å²) in [5.41, 5.74) is -2.41. The Morgan fingerprint density at radius 3 is 0.955 bits per heavy atom. The number of esters is 4. The van der Waals surface area contributed by atoms with E-state index in [-0.39, 0.29) is 103 Å². The first-order valence-electron chi connectivity index (χ1n) is 27.8. The average molecular weight is 1200 g/mol. The van der Waals surface area contributed by atoms with Crippen LogP contribution in [0.2, 0.25) is 0 Å². The number of rotatable bonds is 14. The summed E-state index contributed by atoms with van der Waals surface area (Å²) >= 11 is 1.98. The average Bonchev–Trinajstić information content (AvgIpc) is 1.34. The summed E-state index contributed by atoms with van der Waals surface area (Å²) in [6.07, 6.45) is 9.65. The Balaban J connectivity index is 0.921. The molecule has 8 aromatic rings. The molecule has 2 aromatic heterocycles. The van der Waals surface area contributed by atoms with Gasteiger partial charge >= 0.3 is 35.1 Å². The van der Waals surface area contributed by atoms with E-state index in [1.807, 2.05) is 0 Å². The van der Waals surface area contributed by atoms with Crippen molar-refractivity contribution < 1.29 is 66.8 Å². The molecular weight excluding hydrogens is 1160 g/mol. The molecule has 0 fully saturated rings. The summed E-state index contributed by atoms with van der Waals surface area (Å²) in [4.78, 5) is 127. The third-order valence-electron chi connectivity index (χ3n) is 15.7. The third kappa shape index (κ3) is 9.45. The van der Waals surface area contributed by atoms with Crippen molar-refractivity contribution in [1.29, 1.82) is 0 Å². The van der Waals surface area contributed by atoms with Gasteiger partial charge in [-0.15, -0.1) is 22.7 Å². The molecule has 0 bridgehead atoms. The lowest BCUT2D eigenvalue weighted by Crippen LogP contribution is -2.51. The number of benzene rings is 6. The Bertz CT molecular complexity index is 4040. The standard InChI is InChI=1S/C70H44N2O14S2/c73-57-45-25-13-14-26-46(45)58(74)51(57)33-55-71-63-61(87-55)49-29-44-32-54-50(30-43(44)31-53(49)85-69(63,65(77)81-35-39-17-5-1-6-18-39)66(78)82-36-40-19-7-2-8-20-40)62-64(72-56(88-62)34-52-59(75)47-27-15-16-28-48(47)60(52)76)70(86-54,67(79)83-37-41-21-9-3-10-22-41)68(80)84-38-42-23-11-4-12-24-42/h1-34,43-44H,35-38H2. The number of carbonyl (C=O) groups is 8. The molecule has 430 valence electrons. The molecule has 4 aliphatic carbocycles. The number of hydrogen-bond donors (Lipinski definition) is 0. The van der Waals surface area contributed by atoms with Crippen LogP contribution < -0.4 is 0 Å². The maximum Gasteiger partial charge on any atom is 0.369 e. The Kier molecular flexibility index (Phi) is 13.9. The van der Waals surface area contributed by atoms with E-state index in [0.29, 0.717) is 33.4 Å². The Morgan fingerprint density at radius 2 is 0.670 bits per heavy atom. The van der Waals surface area contributed by atoms with Gasteiger partial charge in [0.1, 0.15) is 59.3 Å². The molecule has 2 atom stereocenters. The number of ether oxygens (including phenoxy) is 6. The molecule has 0 saturated heterocycles. The molecule has 0 radical (unpaired) electrons. The largest absolute Gasteiger partial charge is 0.458 e. The van der Waals surface area contributed by atoms with Crippen LogP contribution >= 0.6 is 22.7 Å². The van der Waals surface area contributed by atoms with Crippen LogP contribution in [0.4, 0.5) is 0 Å². The molecule has 0 spiro atoms. The molecular formula is C70H44N2O14S2. The summed E-state index contributed by atoms with van der Waals surface area (Å²) in [6, 6.07) is 48.1. The fourth-order valence-electron chi connectivity index (χ4n) is 11.3.